The quantitative estimate of drug-likeness (QED) is 0.739. The van der Waals surface area contributed by atoms with Crippen LogP contribution in [-0.2, 0) is 11.2 Å². The smallest absolute Gasteiger partial charge is 0.338 e. The Morgan fingerprint density at radius 2 is 2.05 bits per heavy atom. The second-order valence-corrected chi connectivity index (χ2v) is 4.77. The number of carbonyl (C=O) groups excluding carboxylic acids is 1. The summed E-state index contributed by atoms with van der Waals surface area (Å²) in [4.78, 5) is 23.9. The minimum atomic E-state index is -0.364. The molecular formula is C17H20N2O3. The van der Waals surface area contributed by atoms with Crippen molar-refractivity contribution in [3.63, 3.8) is 0 Å². The van der Waals surface area contributed by atoms with Crippen LogP contribution < -0.4 is 5.56 Å². The standard InChI is InChI=1S/C15H14N2O3.C2H6/c1-3-20-15(19)9-5-4-8(2)10-6-11-12(13(9)10)7-16-17-14(11)18;1-2/h4-5,7H,3,6H2,1-2H3,(H,17,18);1-2H3. The molecule has 0 atom stereocenters. The van der Waals surface area contributed by atoms with Crippen molar-refractivity contribution in [1.82, 2.24) is 10.2 Å². The summed E-state index contributed by atoms with van der Waals surface area (Å²) in [5.74, 6) is -0.364. The van der Waals surface area contributed by atoms with Gasteiger partial charge in [-0.1, -0.05) is 19.9 Å². The first-order valence-electron chi connectivity index (χ1n) is 7.50. The van der Waals surface area contributed by atoms with Gasteiger partial charge in [-0.3, -0.25) is 4.79 Å². The van der Waals surface area contributed by atoms with Crippen molar-refractivity contribution >= 4 is 5.97 Å². The molecule has 1 aromatic heterocycles. The number of nitrogens with one attached hydrogen (secondary N) is 1. The van der Waals surface area contributed by atoms with E-state index in [2.05, 4.69) is 10.2 Å². The van der Waals surface area contributed by atoms with Crippen LogP contribution in [0.5, 0.6) is 0 Å². The predicted octanol–water partition coefficient (Wildman–Crippen LogP) is 2.85. The first-order valence-corrected chi connectivity index (χ1v) is 7.50. The number of hydrogen-bond donors (Lipinski definition) is 1. The molecule has 3 rings (SSSR count). The lowest BCUT2D eigenvalue weighted by molar-refractivity contribution is 0.0527. The lowest BCUT2D eigenvalue weighted by Crippen LogP contribution is -2.12. The molecule has 1 N–H and O–H groups in total. The van der Waals surface area contributed by atoms with E-state index >= 15 is 0 Å². The van der Waals surface area contributed by atoms with E-state index in [1.54, 1.807) is 19.2 Å². The molecule has 116 valence electrons. The summed E-state index contributed by atoms with van der Waals surface area (Å²) >= 11 is 0. The third kappa shape index (κ3) is 2.54. The van der Waals surface area contributed by atoms with E-state index in [9.17, 15) is 9.59 Å². The average Bonchev–Trinajstić information content (AvgIpc) is 2.92. The normalized spacial score (nSPS) is 11.1. The number of fused-ring (bicyclic) bond motifs is 3. The maximum atomic E-state index is 12.1. The summed E-state index contributed by atoms with van der Waals surface area (Å²) in [6.45, 7) is 8.07. The molecule has 0 amide bonds. The zero-order chi connectivity index (χ0) is 16.3. The van der Waals surface area contributed by atoms with E-state index in [-0.39, 0.29) is 11.5 Å². The van der Waals surface area contributed by atoms with E-state index < -0.39 is 0 Å². The molecule has 5 heteroatoms. The summed E-state index contributed by atoms with van der Waals surface area (Å²) in [7, 11) is 0. The predicted molar refractivity (Wildman–Crippen MR) is 85.1 cm³/mol. The van der Waals surface area contributed by atoms with Gasteiger partial charge in [0.05, 0.1) is 18.4 Å². The fourth-order valence-corrected chi connectivity index (χ4v) is 2.66. The van der Waals surface area contributed by atoms with Crippen molar-refractivity contribution in [2.45, 2.75) is 34.1 Å². The molecule has 22 heavy (non-hydrogen) atoms. The largest absolute Gasteiger partial charge is 0.462 e. The summed E-state index contributed by atoms with van der Waals surface area (Å²) < 4.78 is 5.09. The minimum absolute atomic E-state index is 0.201. The Morgan fingerprint density at radius 1 is 1.32 bits per heavy atom. The number of nitrogens with zero attached hydrogens (tertiary/aromatic N) is 1. The van der Waals surface area contributed by atoms with E-state index in [1.807, 2.05) is 26.8 Å². The number of rotatable bonds is 2. The highest BCUT2D eigenvalue weighted by atomic mass is 16.5. The number of benzene rings is 1. The van der Waals surface area contributed by atoms with Gasteiger partial charge >= 0.3 is 5.97 Å². The third-order valence-electron chi connectivity index (χ3n) is 3.62. The number of ether oxygens (including phenoxy) is 1. The molecule has 0 saturated carbocycles. The summed E-state index contributed by atoms with van der Waals surface area (Å²) in [5, 5.41) is 6.28. The molecule has 0 saturated heterocycles. The third-order valence-corrected chi connectivity index (χ3v) is 3.62. The van der Waals surface area contributed by atoms with Gasteiger partial charge < -0.3 is 4.74 Å². The summed E-state index contributed by atoms with van der Waals surface area (Å²) in [6.07, 6.45) is 2.13. The SMILES string of the molecule is CC.CCOC(=O)c1ccc(C)c2c1-c1cn[nH]c(=O)c1C2. The van der Waals surface area contributed by atoms with Gasteiger partial charge in [0.2, 0.25) is 0 Å². The van der Waals surface area contributed by atoms with E-state index in [0.717, 1.165) is 22.3 Å². The number of H-pyrrole nitrogens is 1. The summed E-state index contributed by atoms with van der Waals surface area (Å²) in [6, 6.07) is 3.64. The molecule has 0 bridgehead atoms. The Labute approximate surface area is 129 Å². The van der Waals surface area contributed by atoms with Crippen molar-refractivity contribution in [3.8, 4) is 11.1 Å². The molecule has 2 aromatic rings. The number of aromatic nitrogens is 2. The summed E-state index contributed by atoms with van der Waals surface area (Å²) in [5.41, 5.74) is 4.54. The first-order chi connectivity index (χ1) is 10.6. The highest BCUT2D eigenvalue weighted by molar-refractivity contribution is 6.00. The maximum Gasteiger partial charge on any atom is 0.338 e. The van der Waals surface area contributed by atoms with Crippen molar-refractivity contribution < 1.29 is 9.53 Å². The monoisotopic (exact) mass is 300 g/mol. The van der Waals surface area contributed by atoms with Crippen LogP contribution in [0.1, 0.15) is 47.8 Å². The number of esters is 1. The van der Waals surface area contributed by atoms with Crippen LogP contribution in [0, 0.1) is 6.92 Å². The Hall–Kier alpha value is -2.43. The molecule has 0 fully saturated rings. The van der Waals surface area contributed by atoms with E-state index in [4.69, 9.17) is 4.74 Å². The number of carbonyl (C=O) groups is 1. The van der Waals surface area contributed by atoms with Gasteiger partial charge in [0.25, 0.3) is 5.56 Å². The molecule has 1 aromatic carbocycles. The van der Waals surface area contributed by atoms with Crippen LogP contribution in [0.3, 0.4) is 0 Å². The molecule has 0 radical (unpaired) electrons. The first kappa shape index (κ1) is 15.9. The Morgan fingerprint density at radius 3 is 2.73 bits per heavy atom. The second-order valence-electron chi connectivity index (χ2n) is 4.77. The van der Waals surface area contributed by atoms with Gasteiger partial charge in [0.15, 0.2) is 0 Å². The van der Waals surface area contributed by atoms with Crippen molar-refractivity contribution in [3.05, 3.63) is 50.9 Å². The van der Waals surface area contributed by atoms with Gasteiger partial charge in [0.1, 0.15) is 0 Å². The van der Waals surface area contributed by atoms with Gasteiger partial charge in [-0.15, -0.1) is 0 Å². The minimum Gasteiger partial charge on any atom is -0.462 e. The number of aryl methyl sites for hydroxylation is 1. The Bertz CT molecular complexity index is 763. The number of aromatic amines is 1. The topological polar surface area (TPSA) is 72.0 Å². The van der Waals surface area contributed by atoms with Crippen molar-refractivity contribution in [1.29, 1.82) is 0 Å². The molecule has 1 heterocycles. The zero-order valence-electron chi connectivity index (χ0n) is 13.3. The second kappa shape index (κ2) is 6.56. The molecular weight excluding hydrogens is 280 g/mol. The van der Waals surface area contributed by atoms with Crippen molar-refractivity contribution in [2.24, 2.45) is 0 Å². The molecule has 1 aliphatic carbocycles. The maximum absolute atomic E-state index is 12.1. The molecule has 0 aliphatic heterocycles. The Balaban J connectivity index is 0.000000847. The van der Waals surface area contributed by atoms with Crippen LogP contribution in [0.4, 0.5) is 0 Å². The van der Waals surface area contributed by atoms with Gasteiger partial charge in [-0.2, -0.15) is 5.10 Å². The van der Waals surface area contributed by atoms with Crippen LogP contribution >= 0.6 is 0 Å². The van der Waals surface area contributed by atoms with Crippen LogP contribution in [0.2, 0.25) is 0 Å². The number of hydrogen-bond acceptors (Lipinski definition) is 4. The lowest BCUT2D eigenvalue weighted by Gasteiger charge is -2.10. The van der Waals surface area contributed by atoms with Crippen molar-refractivity contribution in [2.75, 3.05) is 6.61 Å². The van der Waals surface area contributed by atoms with E-state index in [0.29, 0.717) is 24.2 Å². The fourth-order valence-electron chi connectivity index (χ4n) is 2.66. The van der Waals surface area contributed by atoms with Crippen LogP contribution in [0.25, 0.3) is 11.1 Å². The molecule has 5 nitrogen and oxygen atoms in total. The zero-order valence-corrected chi connectivity index (χ0v) is 13.3. The highest BCUT2D eigenvalue weighted by Crippen LogP contribution is 2.38. The lowest BCUT2D eigenvalue weighted by atomic mass is 9.97. The molecule has 0 spiro atoms. The van der Waals surface area contributed by atoms with Gasteiger partial charge in [0, 0.05) is 23.1 Å². The van der Waals surface area contributed by atoms with Crippen LogP contribution in [0.15, 0.2) is 23.1 Å². The van der Waals surface area contributed by atoms with Gasteiger partial charge in [-0.25, -0.2) is 9.89 Å². The van der Waals surface area contributed by atoms with E-state index in [1.165, 1.54) is 0 Å². The Kier molecular flexibility index (Phi) is 4.75. The fraction of sp³-hybridized carbons (Fsp3) is 0.353. The van der Waals surface area contributed by atoms with Gasteiger partial charge in [-0.05, 0) is 31.0 Å². The average molecular weight is 300 g/mol. The highest BCUT2D eigenvalue weighted by Gasteiger charge is 2.28. The molecule has 1 aliphatic rings. The van der Waals surface area contributed by atoms with Crippen LogP contribution in [-0.4, -0.2) is 22.8 Å². The molecule has 0 unspecified atom stereocenters.